The van der Waals surface area contributed by atoms with E-state index in [9.17, 15) is 4.79 Å². The number of rotatable bonds is 2. The van der Waals surface area contributed by atoms with E-state index in [0.29, 0.717) is 11.3 Å². The summed E-state index contributed by atoms with van der Waals surface area (Å²) in [6.07, 6.45) is 5.15. The van der Waals surface area contributed by atoms with Gasteiger partial charge in [-0.3, -0.25) is 4.79 Å². The zero-order valence-electron chi connectivity index (χ0n) is 14.5. The molecule has 4 heterocycles. The molecule has 0 spiro atoms. The molecule has 7 heteroatoms. The molecule has 7 nitrogen and oxygen atoms in total. The fraction of sp³-hybridized carbons (Fsp3) is 0.263. The van der Waals surface area contributed by atoms with E-state index < -0.39 is 0 Å². The highest BCUT2D eigenvalue weighted by molar-refractivity contribution is 6.08. The summed E-state index contributed by atoms with van der Waals surface area (Å²) in [4.78, 5) is 12.6. The van der Waals surface area contributed by atoms with Crippen LogP contribution in [0.15, 0.2) is 41.5 Å². The first-order valence-corrected chi connectivity index (χ1v) is 8.79. The number of aromatic nitrogens is 4. The zero-order valence-corrected chi connectivity index (χ0v) is 14.5. The van der Waals surface area contributed by atoms with Gasteiger partial charge in [0.05, 0.1) is 5.39 Å². The van der Waals surface area contributed by atoms with E-state index in [-0.39, 0.29) is 11.6 Å². The van der Waals surface area contributed by atoms with Crippen LogP contribution in [0.1, 0.15) is 12.5 Å². The Kier molecular flexibility index (Phi) is 3.20. The molecule has 1 fully saturated rings. The second-order valence-corrected chi connectivity index (χ2v) is 6.93. The summed E-state index contributed by atoms with van der Waals surface area (Å²) < 4.78 is 4.17. The highest BCUT2D eigenvalue weighted by atomic mass is 16.1. The third-order valence-corrected chi connectivity index (χ3v) is 5.40. The van der Waals surface area contributed by atoms with E-state index in [1.54, 1.807) is 0 Å². The molecule has 132 valence electrons. The van der Waals surface area contributed by atoms with Crippen molar-refractivity contribution in [3.05, 3.63) is 47.0 Å². The first kappa shape index (κ1) is 15.2. The van der Waals surface area contributed by atoms with Gasteiger partial charge in [-0.15, -0.1) is 0 Å². The Bertz CT molecular complexity index is 1190. The van der Waals surface area contributed by atoms with Crippen LogP contribution in [0, 0.1) is 0 Å². The molecule has 0 bridgehead atoms. The fourth-order valence-electron chi connectivity index (χ4n) is 4.16. The Morgan fingerprint density at radius 1 is 1.23 bits per heavy atom. The fourth-order valence-corrected chi connectivity index (χ4v) is 4.16. The van der Waals surface area contributed by atoms with Gasteiger partial charge in [0.1, 0.15) is 5.52 Å². The number of fused-ring (bicyclic) bond motifs is 2. The van der Waals surface area contributed by atoms with Crippen LogP contribution in [0.25, 0.3) is 32.9 Å². The van der Waals surface area contributed by atoms with E-state index in [0.717, 1.165) is 46.9 Å². The SMILES string of the molecule is Cn1cc(-c2cn([C@H]3CCNC3)c3c(=O)[nH]nc(N)c23)c2ccccc21. The number of H-pyrrole nitrogens is 1. The summed E-state index contributed by atoms with van der Waals surface area (Å²) in [6.45, 7) is 1.80. The lowest BCUT2D eigenvalue weighted by Gasteiger charge is -2.11. The van der Waals surface area contributed by atoms with Gasteiger partial charge >= 0.3 is 0 Å². The first-order valence-electron chi connectivity index (χ1n) is 8.79. The number of nitrogens with zero attached hydrogens (tertiary/aromatic N) is 3. The molecule has 1 aliphatic heterocycles. The molecule has 1 aromatic carbocycles. The molecular formula is C19H20N6O. The molecule has 0 aliphatic carbocycles. The Labute approximate surface area is 149 Å². The summed E-state index contributed by atoms with van der Waals surface area (Å²) in [5.41, 5.74) is 9.78. The Morgan fingerprint density at radius 2 is 2.08 bits per heavy atom. The third-order valence-electron chi connectivity index (χ3n) is 5.40. The van der Waals surface area contributed by atoms with Crippen molar-refractivity contribution in [2.45, 2.75) is 12.5 Å². The quantitative estimate of drug-likeness (QED) is 0.516. The van der Waals surface area contributed by atoms with Gasteiger partial charge in [0, 0.05) is 54.1 Å². The van der Waals surface area contributed by atoms with Crippen LogP contribution in [0.4, 0.5) is 5.82 Å². The summed E-state index contributed by atoms with van der Waals surface area (Å²) in [5, 5.41) is 11.8. The minimum atomic E-state index is -0.201. The van der Waals surface area contributed by atoms with Crippen LogP contribution >= 0.6 is 0 Å². The standard InChI is InChI=1S/C19H20N6O/c1-24-9-13(12-4-2-3-5-15(12)24)14-10-25(11-6-7-21-8-11)17-16(14)18(20)22-23-19(17)26/h2-5,9-11,21H,6-8H2,1H3,(H2,20,22)(H,23,26)/t11-/m0/s1. The van der Waals surface area contributed by atoms with Gasteiger partial charge < -0.3 is 20.2 Å². The topological polar surface area (TPSA) is 93.7 Å². The van der Waals surface area contributed by atoms with E-state index in [4.69, 9.17) is 5.73 Å². The molecular weight excluding hydrogens is 328 g/mol. The van der Waals surface area contributed by atoms with E-state index in [2.05, 4.69) is 49.2 Å². The number of nitrogens with two attached hydrogens (primary N) is 1. The Hall–Kier alpha value is -3.06. The van der Waals surface area contributed by atoms with E-state index in [1.807, 2.05) is 19.2 Å². The van der Waals surface area contributed by atoms with E-state index in [1.165, 1.54) is 0 Å². The molecule has 1 atom stereocenters. The number of para-hydroxylation sites is 1. The van der Waals surface area contributed by atoms with Gasteiger partial charge in [-0.25, -0.2) is 5.10 Å². The summed E-state index contributed by atoms with van der Waals surface area (Å²) in [6, 6.07) is 8.49. The molecule has 4 aromatic rings. The van der Waals surface area contributed by atoms with Gasteiger partial charge in [0.15, 0.2) is 5.82 Å². The Balaban J connectivity index is 1.88. The molecule has 0 saturated carbocycles. The molecule has 1 saturated heterocycles. The maximum Gasteiger partial charge on any atom is 0.288 e. The number of nitrogens with one attached hydrogen (secondary N) is 2. The Morgan fingerprint density at radius 3 is 2.88 bits per heavy atom. The maximum atomic E-state index is 12.6. The van der Waals surface area contributed by atoms with Crippen LogP contribution in [0.3, 0.4) is 0 Å². The maximum absolute atomic E-state index is 12.6. The molecule has 5 rings (SSSR count). The molecule has 26 heavy (non-hydrogen) atoms. The van der Waals surface area contributed by atoms with Crippen molar-refractivity contribution in [1.29, 1.82) is 0 Å². The second kappa shape index (κ2) is 5.47. The molecule has 0 radical (unpaired) electrons. The number of anilines is 1. The summed E-state index contributed by atoms with van der Waals surface area (Å²) in [7, 11) is 2.03. The van der Waals surface area contributed by atoms with Crippen molar-refractivity contribution in [2.75, 3.05) is 18.8 Å². The van der Waals surface area contributed by atoms with Crippen LogP contribution in [0.5, 0.6) is 0 Å². The second-order valence-electron chi connectivity index (χ2n) is 6.93. The molecule has 3 aromatic heterocycles. The number of hydrogen-bond acceptors (Lipinski definition) is 4. The largest absolute Gasteiger partial charge is 0.382 e. The summed E-state index contributed by atoms with van der Waals surface area (Å²) in [5.74, 6) is 0.354. The summed E-state index contributed by atoms with van der Waals surface area (Å²) >= 11 is 0. The van der Waals surface area contributed by atoms with Gasteiger partial charge in [-0.2, -0.15) is 5.10 Å². The van der Waals surface area contributed by atoms with Crippen molar-refractivity contribution in [1.82, 2.24) is 24.6 Å². The average Bonchev–Trinajstić information content (AvgIpc) is 3.36. The predicted octanol–water partition coefficient (Wildman–Crippen LogP) is 2.00. The van der Waals surface area contributed by atoms with Crippen molar-refractivity contribution in [2.24, 2.45) is 7.05 Å². The number of aromatic amines is 1. The predicted molar refractivity (Wildman–Crippen MR) is 103 cm³/mol. The van der Waals surface area contributed by atoms with Crippen LogP contribution < -0.4 is 16.6 Å². The number of hydrogen-bond donors (Lipinski definition) is 3. The highest BCUT2D eigenvalue weighted by Crippen LogP contribution is 2.38. The van der Waals surface area contributed by atoms with Crippen molar-refractivity contribution >= 4 is 27.6 Å². The number of benzene rings is 1. The normalized spacial score (nSPS) is 17.5. The lowest BCUT2D eigenvalue weighted by molar-refractivity contribution is 0.564. The average molecular weight is 348 g/mol. The van der Waals surface area contributed by atoms with Gasteiger partial charge in [-0.05, 0) is 19.0 Å². The monoisotopic (exact) mass is 348 g/mol. The highest BCUT2D eigenvalue weighted by Gasteiger charge is 2.25. The molecule has 4 N–H and O–H groups in total. The first-order chi connectivity index (χ1) is 12.6. The van der Waals surface area contributed by atoms with Crippen molar-refractivity contribution < 1.29 is 0 Å². The smallest absolute Gasteiger partial charge is 0.288 e. The van der Waals surface area contributed by atoms with E-state index >= 15 is 0 Å². The number of nitrogen functional groups attached to an aromatic ring is 1. The molecule has 0 amide bonds. The van der Waals surface area contributed by atoms with Gasteiger partial charge in [0.2, 0.25) is 0 Å². The third kappa shape index (κ3) is 2.04. The molecule has 0 unspecified atom stereocenters. The van der Waals surface area contributed by atoms with Gasteiger partial charge in [0.25, 0.3) is 5.56 Å². The van der Waals surface area contributed by atoms with Gasteiger partial charge in [-0.1, -0.05) is 18.2 Å². The minimum Gasteiger partial charge on any atom is -0.382 e. The molecule has 1 aliphatic rings. The van der Waals surface area contributed by atoms with Crippen LogP contribution in [0.2, 0.25) is 0 Å². The van der Waals surface area contributed by atoms with Crippen molar-refractivity contribution in [3.8, 4) is 11.1 Å². The van der Waals surface area contributed by atoms with Crippen LogP contribution in [-0.2, 0) is 7.05 Å². The zero-order chi connectivity index (χ0) is 17.8. The number of aryl methyl sites for hydroxylation is 1. The van der Waals surface area contributed by atoms with Crippen molar-refractivity contribution in [3.63, 3.8) is 0 Å². The van der Waals surface area contributed by atoms with Crippen LogP contribution in [-0.4, -0.2) is 32.4 Å². The lowest BCUT2D eigenvalue weighted by atomic mass is 10.0. The lowest BCUT2D eigenvalue weighted by Crippen LogP contribution is -2.18. The minimum absolute atomic E-state index is 0.201.